The molecule has 0 amide bonds. The molecule has 0 nitrogen and oxygen atoms in total. The molecule has 0 atom stereocenters. The summed E-state index contributed by atoms with van der Waals surface area (Å²) < 4.78 is 0. The maximum atomic E-state index is 5.01. The van der Waals surface area contributed by atoms with Crippen LogP contribution >= 0.6 is 37.9 Å². The summed E-state index contributed by atoms with van der Waals surface area (Å²) in [7, 11) is 0. The summed E-state index contributed by atoms with van der Waals surface area (Å²) >= 11 is 15.0. The minimum absolute atomic E-state index is 0. The normalized spacial score (nSPS) is 9.31. The number of halogens is 3. The molecule has 3 radical (unpaired) electrons. The highest BCUT2D eigenvalue weighted by Gasteiger charge is 1.94. The Kier molecular flexibility index (Phi) is 29.5. The van der Waals surface area contributed by atoms with Crippen LogP contribution in [0, 0.1) is 0 Å². The minimum Gasteiger partial charge on any atom is -0.269 e. The molecule has 0 unspecified atom stereocenters. The number of rotatable bonds is 12. The zero-order chi connectivity index (χ0) is 26.4. The van der Waals surface area contributed by atoms with E-state index in [1.165, 1.54) is 93.7 Å². The van der Waals surface area contributed by atoms with Crippen molar-refractivity contribution >= 4 is 37.9 Å². The molecular weight excluding hydrogens is 550 g/mol. The van der Waals surface area contributed by atoms with Crippen LogP contribution in [0.3, 0.4) is 0 Å². The van der Waals surface area contributed by atoms with E-state index in [1.807, 2.05) is 36.4 Å². The third-order valence-corrected chi connectivity index (χ3v) is 6.79. The largest absolute Gasteiger partial charge is 0.269 e. The molecule has 219 valence electrons. The Bertz CT molecular complexity index is 777. The van der Waals surface area contributed by atoms with Crippen molar-refractivity contribution < 1.29 is 14.1 Å². The van der Waals surface area contributed by atoms with Gasteiger partial charge in [0.25, 0.3) is 0 Å². The Morgan fingerprint density at radius 3 is 0.744 bits per heavy atom. The Hall–Kier alpha value is -1.89. The predicted octanol–water partition coefficient (Wildman–Crippen LogP) is 12.4. The van der Waals surface area contributed by atoms with Crippen molar-refractivity contribution in [1.82, 2.24) is 0 Å². The van der Waals surface area contributed by atoms with Gasteiger partial charge in [0.2, 0.25) is 0 Å². The first kappa shape index (κ1) is 41.6. The monoisotopic (exact) mass is 597 g/mol. The summed E-state index contributed by atoms with van der Waals surface area (Å²) in [4.78, 5) is 2.82. The van der Waals surface area contributed by atoms with Crippen LogP contribution in [0.2, 0.25) is 0 Å². The van der Waals surface area contributed by atoms with Crippen LogP contribution in [0.5, 0.6) is 0 Å². The first-order chi connectivity index (χ1) is 17.5. The lowest BCUT2D eigenvalue weighted by atomic mass is 10.1. The van der Waals surface area contributed by atoms with E-state index in [0.29, 0.717) is 0 Å². The highest BCUT2D eigenvalue weighted by molar-refractivity contribution is 7.80. The number of unbranched alkanes of at least 4 members (excludes halogenated alkanes) is 6. The third kappa shape index (κ3) is 22.6. The lowest BCUT2D eigenvalue weighted by Crippen LogP contribution is -1.84. The fraction of sp³-hybridized carbons (Fsp3) is 0.455. The van der Waals surface area contributed by atoms with Crippen LogP contribution in [0.25, 0.3) is 0 Å². The van der Waals surface area contributed by atoms with E-state index in [1.54, 1.807) is 0 Å². The Morgan fingerprint density at radius 2 is 0.564 bits per heavy atom. The van der Waals surface area contributed by atoms with Crippen LogP contribution in [-0.4, -0.2) is 0 Å². The van der Waals surface area contributed by atoms with Gasteiger partial charge in [-0.1, -0.05) is 134 Å². The Labute approximate surface area is 253 Å². The van der Waals surface area contributed by atoms with Crippen LogP contribution < -0.4 is 0 Å². The first-order valence-electron chi connectivity index (χ1n) is 13.8. The topological polar surface area (TPSA) is 0 Å². The molecule has 0 saturated heterocycles. The predicted molar refractivity (Wildman–Crippen MR) is 174 cm³/mol. The van der Waals surface area contributed by atoms with E-state index in [-0.39, 0.29) is 14.1 Å². The van der Waals surface area contributed by atoms with E-state index in [9.17, 15) is 0 Å². The summed E-state index contributed by atoms with van der Waals surface area (Å²) in [6, 6.07) is 24.9. The molecule has 3 rings (SSSR count). The van der Waals surface area contributed by atoms with Crippen LogP contribution in [0.4, 0.5) is 14.1 Å². The van der Waals surface area contributed by atoms with Crippen molar-refractivity contribution in [2.24, 2.45) is 0 Å². The summed E-state index contributed by atoms with van der Waals surface area (Å²) in [5.74, 6) is 0. The molecule has 0 bridgehead atoms. The molecule has 0 aliphatic heterocycles. The number of aryl methyl sites for hydroxylation is 3. The zero-order valence-electron chi connectivity index (χ0n) is 23.9. The standard InChI is InChI=1S/3C11H15S.3FH/c3*1-2-3-4-5-10-6-8-11(12)9-7-10;;;/h3*6-9H,2-5H2,1H3;3*1H. The van der Waals surface area contributed by atoms with Crippen LogP contribution in [0.15, 0.2) is 87.5 Å². The zero-order valence-corrected chi connectivity index (χ0v) is 26.3. The van der Waals surface area contributed by atoms with Gasteiger partial charge in [-0.15, -0.1) is 0 Å². The van der Waals surface area contributed by atoms with Crippen molar-refractivity contribution in [3.8, 4) is 0 Å². The second kappa shape index (κ2) is 27.7. The molecule has 3 aromatic rings. The molecule has 0 aliphatic carbocycles. The van der Waals surface area contributed by atoms with Gasteiger partial charge in [0.1, 0.15) is 0 Å². The number of hydrogen-bond acceptors (Lipinski definition) is 0. The van der Waals surface area contributed by atoms with Gasteiger partial charge in [0.15, 0.2) is 0 Å². The van der Waals surface area contributed by atoms with Crippen molar-refractivity contribution in [2.75, 3.05) is 0 Å². The number of benzene rings is 3. The Balaban J connectivity index is -0.000000480. The molecular formula is C33H48F3S3. The van der Waals surface area contributed by atoms with Gasteiger partial charge in [-0.25, -0.2) is 0 Å². The van der Waals surface area contributed by atoms with Gasteiger partial charge < -0.3 is 0 Å². The van der Waals surface area contributed by atoms with Crippen LogP contribution in [-0.2, 0) is 19.3 Å². The molecule has 0 aliphatic rings. The molecule has 3 aromatic carbocycles. The Morgan fingerprint density at radius 1 is 0.359 bits per heavy atom. The second-order valence-corrected chi connectivity index (χ2v) is 10.7. The molecule has 6 heteroatoms. The SMILES string of the molecule is CCCCCc1ccc([S])cc1.CCCCCc1ccc([S])cc1.CCCCCc1ccc([S])cc1.F.F.F. The molecule has 0 N–H and O–H groups in total. The van der Waals surface area contributed by atoms with Crippen molar-refractivity contribution in [3.63, 3.8) is 0 Å². The third-order valence-electron chi connectivity index (χ3n) is 5.98. The highest BCUT2D eigenvalue weighted by atomic mass is 32.1. The molecule has 0 heterocycles. The average molecular weight is 598 g/mol. The fourth-order valence-electron chi connectivity index (χ4n) is 3.71. The van der Waals surface area contributed by atoms with Crippen molar-refractivity contribution in [2.45, 2.75) is 113 Å². The van der Waals surface area contributed by atoms with Gasteiger partial charge in [-0.2, -0.15) is 0 Å². The van der Waals surface area contributed by atoms with Gasteiger partial charge in [0, 0.05) is 14.7 Å². The summed E-state index contributed by atoms with van der Waals surface area (Å²) in [5.41, 5.74) is 4.24. The number of hydrogen-bond donors (Lipinski definition) is 0. The van der Waals surface area contributed by atoms with Gasteiger partial charge in [-0.05, 0) is 91.6 Å². The van der Waals surface area contributed by atoms with Crippen molar-refractivity contribution in [3.05, 3.63) is 89.5 Å². The van der Waals surface area contributed by atoms with E-state index < -0.39 is 0 Å². The average Bonchev–Trinajstić information content (AvgIpc) is 2.89. The molecule has 0 spiro atoms. The maximum absolute atomic E-state index is 5.01. The quantitative estimate of drug-likeness (QED) is 0.182. The van der Waals surface area contributed by atoms with Crippen LogP contribution in [0.1, 0.15) is 95.2 Å². The second-order valence-electron chi connectivity index (χ2n) is 9.30. The minimum atomic E-state index is 0. The molecule has 0 saturated carbocycles. The smallest absolute Gasteiger partial charge is 0.0377 e. The maximum Gasteiger partial charge on any atom is 0.0377 e. The fourth-order valence-corrected chi connectivity index (χ4v) is 4.11. The van der Waals surface area contributed by atoms with E-state index >= 15 is 0 Å². The molecule has 39 heavy (non-hydrogen) atoms. The lowest BCUT2D eigenvalue weighted by molar-refractivity contribution is 0.717. The molecule has 0 fully saturated rings. The first-order valence-corrected chi connectivity index (χ1v) is 15.0. The van der Waals surface area contributed by atoms with Crippen molar-refractivity contribution in [1.29, 1.82) is 0 Å². The summed E-state index contributed by atoms with van der Waals surface area (Å²) in [6.07, 6.45) is 15.3. The highest BCUT2D eigenvalue weighted by Crippen LogP contribution is 2.12. The van der Waals surface area contributed by atoms with Gasteiger partial charge in [0.05, 0.1) is 0 Å². The lowest BCUT2D eigenvalue weighted by Gasteiger charge is -1.99. The molecule has 0 aromatic heterocycles. The van der Waals surface area contributed by atoms with Gasteiger partial charge in [-0.3, -0.25) is 14.1 Å². The van der Waals surface area contributed by atoms with E-state index in [0.717, 1.165) is 14.7 Å². The summed E-state index contributed by atoms with van der Waals surface area (Å²) in [6.45, 7) is 6.69. The van der Waals surface area contributed by atoms with Gasteiger partial charge >= 0.3 is 0 Å². The summed E-state index contributed by atoms with van der Waals surface area (Å²) in [5, 5.41) is 0. The van der Waals surface area contributed by atoms with E-state index in [4.69, 9.17) is 37.9 Å². The van der Waals surface area contributed by atoms with E-state index in [2.05, 4.69) is 57.2 Å².